The first-order chi connectivity index (χ1) is 13.7. The zero-order chi connectivity index (χ0) is 19.5. The summed E-state index contributed by atoms with van der Waals surface area (Å²) in [4.78, 5) is 17.5. The van der Waals surface area contributed by atoms with Gasteiger partial charge in [-0.25, -0.2) is 14.1 Å². The monoisotopic (exact) mass is 381 g/mol. The third-order valence-corrected chi connectivity index (χ3v) is 5.27. The highest BCUT2D eigenvalue weighted by Gasteiger charge is 2.22. The summed E-state index contributed by atoms with van der Waals surface area (Å²) in [6.07, 6.45) is 9.19. The average molecular weight is 381 g/mol. The molecule has 0 saturated heterocycles. The van der Waals surface area contributed by atoms with Gasteiger partial charge in [0.1, 0.15) is 5.82 Å². The van der Waals surface area contributed by atoms with E-state index in [1.165, 1.54) is 31.4 Å². The number of hydrogen-bond acceptors (Lipinski definition) is 4. The molecule has 1 fully saturated rings. The molecule has 0 radical (unpaired) electrons. The second-order valence-corrected chi connectivity index (χ2v) is 7.18. The second kappa shape index (κ2) is 7.96. The maximum absolute atomic E-state index is 13.1. The van der Waals surface area contributed by atoms with Crippen LogP contribution in [0.25, 0.3) is 11.0 Å². The lowest BCUT2D eigenvalue weighted by molar-refractivity contribution is 0.102. The fraction of sp³-hybridized carbons (Fsp3) is 0.381. The molecule has 1 aliphatic rings. The predicted molar refractivity (Wildman–Crippen MR) is 108 cm³/mol. The van der Waals surface area contributed by atoms with Gasteiger partial charge in [-0.05, 0) is 44.0 Å². The number of nitrogens with one attached hydrogen (secondary N) is 2. The Morgan fingerprint density at radius 2 is 1.93 bits per heavy atom. The zero-order valence-corrected chi connectivity index (χ0v) is 15.9. The minimum Gasteiger partial charge on any atom is -0.381 e. The summed E-state index contributed by atoms with van der Waals surface area (Å²) in [7, 11) is 0. The quantitative estimate of drug-likeness (QED) is 0.678. The number of aromatic nitrogens is 3. The van der Waals surface area contributed by atoms with Crippen molar-refractivity contribution in [3.05, 3.63) is 48.0 Å². The number of pyridine rings is 1. The van der Waals surface area contributed by atoms with E-state index < -0.39 is 0 Å². The summed E-state index contributed by atoms with van der Waals surface area (Å²) < 4.78 is 15.0. The molecular weight excluding hydrogens is 357 g/mol. The van der Waals surface area contributed by atoms with E-state index >= 15 is 0 Å². The zero-order valence-electron chi connectivity index (χ0n) is 15.9. The minimum atomic E-state index is -0.340. The van der Waals surface area contributed by atoms with Crippen LogP contribution in [0.15, 0.2) is 36.7 Å². The van der Waals surface area contributed by atoms with Crippen molar-refractivity contribution in [2.75, 3.05) is 10.6 Å². The van der Waals surface area contributed by atoms with Crippen LogP contribution in [0.1, 0.15) is 49.4 Å². The van der Waals surface area contributed by atoms with Crippen LogP contribution in [0.5, 0.6) is 0 Å². The lowest BCUT2D eigenvalue weighted by atomic mass is 9.95. The third-order valence-electron chi connectivity index (χ3n) is 5.27. The van der Waals surface area contributed by atoms with Crippen LogP contribution in [0.2, 0.25) is 0 Å². The largest absolute Gasteiger partial charge is 0.381 e. The Labute approximate surface area is 163 Å². The number of fused-ring (bicyclic) bond motifs is 1. The van der Waals surface area contributed by atoms with E-state index in [2.05, 4.69) is 20.7 Å². The topological polar surface area (TPSA) is 71.8 Å². The average Bonchev–Trinajstić information content (AvgIpc) is 3.14. The molecule has 6 nitrogen and oxygen atoms in total. The van der Waals surface area contributed by atoms with E-state index in [0.29, 0.717) is 23.8 Å². The number of halogens is 1. The summed E-state index contributed by atoms with van der Waals surface area (Å²) >= 11 is 0. The summed E-state index contributed by atoms with van der Waals surface area (Å²) in [6, 6.07) is 6.07. The molecule has 2 aromatic heterocycles. The van der Waals surface area contributed by atoms with Crippen LogP contribution in [0.4, 0.5) is 15.8 Å². The highest BCUT2D eigenvalue weighted by atomic mass is 19.1. The summed E-state index contributed by atoms with van der Waals surface area (Å²) in [6.45, 7) is 2.72. The molecule has 0 bridgehead atoms. The van der Waals surface area contributed by atoms with Gasteiger partial charge >= 0.3 is 0 Å². The number of aryl methyl sites for hydroxylation is 1. The molecule has 28 heavy (non-hydrogen) atoms. The molecule has 0 aliphatic heterocycles. The normalized spacial score (nSPS) is 14.9. The molecule has 1 saturated carbocycles. The Bertz CT molecular complexity index is 976. The standard InChI is InChI=1S/C21H24FN5O/c1-2-27-20-17(13-24-27)19(25-15-6-4-3-5-7-15)18(12-23-20)21(28)26-16-10-8-14(22)9-11-16/h8-13,15H,2-7H2,1H3,(H,23,25)(H,26,28). The van der Waals surface area contributed by atoms with Crippen LogP contribution in [0, 0.1) is 5.82 Å². The van der Waals surface area contributed by atoms with Crippen LogP contribution < -0.4 is 10.6 Å². The van der Waals surface area contributed by atoms with Gasteiger partial charge in [0.25, 0.3) is 5.91 Å². The van der Waals surface area contributed by atoms with Gasteiger partial charge in [0, 0.05) is 24.5 Å². The SMILES string of the molecule is CCn1ncc2c(NC3CCCCC3)c(C(=O)Nc3ccc(F)cc3)cnc21. The van der Waals surface area contributed by atoms with Crippen LogP contribution in [-0.2, 0) is 6.54 Å². The van der Waals surface area contributed by atoms with Crippen molar-refractivity contribution in [1.82, 2.24) is 14.8 Å². The van der Waals surface area contributed by atoms with Crippen molar-refractivity contribution >= 4 is 28.3 Å². The minimum absolute atomic E-state index is 0.274. The van der Waals surface area contributed by atoms with Gasteiger partial charge in [-0.3, -0.25) is 4.79 Å². The molecule has 146 valence electrons. The van der Waals surface area contributed by atoms with E-state index in [-0.39, 0.29) is 11.7 Å². The molecule has 4 rings (SSSR count). The fourth-order valence-electron chi connectivity index (χ4n) is 3.77. The van der Waals surface area contributed by atoms with Crippen molar-refractivity contribution < 1.29 is 9.18 Å². The lowest BCUT2D eigenvalue weighted by Gasteiger charge is -2.25. The Morgan fingerprint density at radius 3 is 2.64 bits per heavy atom. The molecule has 3 aromatic rings. The molecule has 0 spiro atoms. The maximum atomic E-state index is 13.1. The molecule has 2 heterocycles. The first-order valence-corrected chi connectivity index (χ1v) is 9.83. The smallest absolute Gasteiger partial charge is 0.259 e. The number of anilines is 2. The number of benzene rings is 1. The van der Waals surface area contributed by atoms with Crippen molar-refractivity contribution in [2.24, 2.45) is 0 Å². The number of carbonyl (C=O) groups is 1. The molecule has 1 aliphatic carbocycles. The molecule has 0 atom stereocenters. The first kappa shape index (κ1) is 18.4. The van der Waals surface area contributed by atoms with E-state index in [4.69, 9.17) is 0 Å². The molecular formula is C21H24FN5O. The van der Waals surface area contributed by atoms with Crippen molar-refractivity contribution in [2.45, 2.75) is 51.6 Å². The number of amides is 1. The highest BCUT2D eigenvalue weighted by Crippen LogP contribution is 2.30. The van der Waals surface area contributed by atoms with Crippen molar-refractivity contribution in [1.29, 1.82) is 0 Å². The van der Waals surface area contributed by atoms with Gasteiger partial charge in [0.2, 0.25) is 0 Å². The Hall–Kier alpha value is -2.96. The van der Waals surface area contributed by atoms with Gasteiger partial charge in [0.05, 0.1) is 22.8 Å². The van der Waals surface area contributed by atoms with Gasteiger partial charge < -0.3 is 10.6 Å². The Balaban J connectivity index is 1.70. The van der Waals surface area contributed by atoms with Crippen molar-refractivity contribution in [3.63, 3.8) is 0 Å². The van der Waals surface area contributed by atoms with Gasteiger partial charge in [-0.15, -0.1) is 0 Å². The number of nitrogens with zero attached hydrogens (tertiary/aromatic N) is 3. The fourth-order valence-corrected chi connectivity index (χ4v) is 3.77. The number of carbonyl (C=O) groups excluding carboxylic acids is 1. The maximum Gasteiger partial charge on any atom is 0.259 e. The highest BCUT2D eigenvalue weighted by molar-refractivity contribution is 6.12. The molecule has 2 N–H and O–H groups in total. The van der Waals surface area contributed by atoms with Crippen molar-refractivity contribution in [3.8, 4) is 0 Å². The van der Waals surface area contributed by atoms with Crippen LogP contribution in [0.3, 0.4) is 0 Å². The van der Waals surface area contributed by atoms with Gasteiger partial charge in [0.15, 0.2) is 5.65 Å². The Kier molecular flexibility index (Phi) is 5.23. The van der Waals surface area contributed by atoms with E-state index in [0.717, 1.165) is 29.6 Å². The van der Waals surface area contributed by atoms with Crippen LogP contribution in [-0.4, -0.2) is 26.7 Å². The molecule has 1 aromatic carbocycles. The van der Waals surface area contributed by atoms with E-state index in [9.17, 15) is 9.18 Å². The number of hydrogen-bond donors (Lipinski definition) is 2. The lowest BCUT2D eigenvalue weighted by Crippen LogP contribution is -2.25. The van der Waals surface area contributed by atoms with Crippen LogP contribution >= 0.6 is 0 Å². The summed E-state index contributed by atoms with van der Waals surface area (Å²) in [5.74, 6) is -0.615. The Morgan fingerprint density at radius 1 is 1.18 bits per heavy atom. The second-order valence-electron chi connectivity index (χ2n) is 7.18. The number of rotatable bonds is 5. The van der Waals surface area contributed by atoms with Gasteiger partial charge in [-0.1, -0.05) is 19.3 Å². The predicted octanol–water partition coefficient (Wildman–Crippen LogP) is 4.59. The third kappa shape index (κ3) is 3.69. The van der Waals surface area contributed by atoms with Gasteiger partial charge in [-0.2, -0.15) is 5.10 Å². The molecule has 7 heteroatoms. The first-order valence-electron chi connectivity index (χ1n) is 9.83. The summed E-state index contributed by atoms with van der Waals surface area (Å²) in [5.41, 5.74) is 2.55. The molecule has 0 unspecified atom stereocenters. The molecule has 1 amide bonds. The van der Waals surface area contributed by atoms with E-state index in [1.807, 2.05) is 11.6 Å². The summed E-state index contributed by atoms with van der Waals surface area (Å²) in [5, 5.41) is 11.7. The van der Waals surface area contributed by atoms with E-state index in [1.54, 1.807) is 24.5 Å².